The lowest BCUT2D eigenvalue weighted by atomic mass is 10.2. The molecular weight excluding hydrogens is 238 g/mol. The molecule has 0 N–H and O–H groups in total. The van der Waals surface area contributed by atoms with Crippen LogP contribution >= 0.6 is 22.3 Å². The first kappa shape index (κ1) is 10.8. The van der Waals surface area contributed by atoms with Crippen LogP contribution in [0.2, 0.25) is 5.02 Å². The number of hydrogen-bond donors (Lipinski definition) is 0. The molecule has 72 valence electrons. The van der Waals surface area contributed by atoms with Gasteiger partial charge in [0.2, 0.25) is 0 Å². The maximum atomic E-state index is 12.8. The minimum Gasteiger partial charge on any atom is -0.207 e. The Morgan fingerprint density at radius 1 is 1.38 bits per heavy atom. The molecule has 0 saturated carbocycles. The van der Waals surface area contributed by atoms with E-state index in [-0.39, 0.29) is 15.5 Å². The normalized spacial score (nSPS) is 11.7. The highest BCUT2D eigenvalue weighted by molar-refractivity contribution is 8.13. The smallest absolute Gasteiger partial charge is 0.207 e. The van der Waals surface area contributed by atoms with Crippen molar-refractivity contribution < 1.29 is 12.8 Å². The SMILES string of the molecule is Cc1cc(F)c(Cl)cc1S(=O)(=O)Cl. The summed E-state index contributed by atoms with van der Waals surface area (Å²) >= 11 is 5.39. The van der Waals surface area contributed by atoms with Crippen molar-refractivity contribution in [2.75, 3.05) is 0 Å². The molecule has 2 nitrogen and oxygen atoms in total. The van der Waals surface area contributed by atoms with Gasteiger partial charge in [0.05, 0.1) is 9.92 Å². The molecule has 0 spiro atoms. The van der Waals surface area contributed by atoms with E-state index in [1.807, 2.05) is 0 Å². The highest BCUT2D eigenvalue weighted by Crippen LogP contribution is 2.25. The largest absolute Gasteiger partial charge is 0.261 e. The van der Waals surface area contributed by atoms with Gasteiger partial charge in [-0.1, -0.05) is 11.6 Å². The van der Waals surface area contributed by atoms with Crippen LogP contribution in [0.15, 0.2) is 17.0 Å². The molecule has 0 aliphatic rings. The zero-order valence-corrected chi connectivity index (χ0v) is 8.84. The van der Waals surface area contributed by atoms with Gasteiger partial charge >= 0.3 is 0 Å². The van der Waals surface area contributed by atoms with Crippen molar-refractivity contribution >= 4 is 31.3 Å². The van der Waals surface area contributed by atoms with Gasteiger partial charge in [0.25, 0.3) is 9.05 Å². The summed E-state index contributed by atoms with van der Waals surface area (Å²) in [5, 5.41) is -0.259. The molecule has 0 aliphatic carbocycles. The summed E-state index contributed by atoms with van der Waals surface area (Å²) < 4.78 is 34.6. The third kappa shape index (κ3) is 2.33. The molecule has 0 amide bonds. The van der Waals surface area contributed by atoms with Crippen molar-refractivity contribution in [2.24, 2.45) is 0 Å². The van der Waals surface area contributed by atoms with E-state index in [2.05, 4.69) is 0 Å². The Kier molecular flexibility index (Phi) is 2.85. The van der Waals surface area contributed by atoms with E-state index in [0.717, 1.165) is 12.1 Å². The molecule has 1 aromatic carbocycles. The van der Waals surface area contributed by atoms with E-state index in [4.69, 9.17) is 22.3 Å². The summed E-state index contributed by atoms with van der Waals surface area (Å²) in [6, 6.07) is 2.02. The summed E-state index contributed by atoms with van der Waals surface area (Å²) in [4.78, 5) is -0.166. The number of aryl methyl sites for hydroxylation is 1. The lowest BCUT2D eigenvalue weighted by Gasteiger charge is -2.02. The molecule has 1 aromatic rings. The van der Waals surface area contributed by atoms with Crippen LogP contribution in [0.3, 0.4) is 0 Å². The van der Waals surface area contributed by atoms with E-state index < -0.39 is 14.9 Å². The zero-order chi connectivity index (χ0) is 10.2. The van der Waals surface area contributed by atoms with Crippen LogP contribution in [0.1, 0.15) is 5.56 Å². The molecule has 0 fully saturated rings. The van der Waals surface area contributed by atoms with Gasteiger partial charge in [-0.05, 0) is 24.6 Å². The lowest BCUT2D eigenvalue weighted by molar-refractivity contribution is 0.606. The number of benzene rings is 1. The molecule has 0 aromatic heterocycles. The van der Waals surface area contributed by atoms with E-state index in [1.165, 1.54) is 6.92 Å². The molecule has 6 heteroatoms. The van der Waals surface area contributed by atoms with E-state index in [0.29, 0.717) is 0 Å². The fraction of sp³-hybridized carbons (Fsp3) is 0.143. The number of hydrogen-bond acceptors (Lipinski definition) is 2. The minimum absolute atomic E-state index is 0.166. The first-order valence-corrected chi connectivity index (χ1v) is 5.91. The Balaban J connectivity index is 3.50. The first-order valence-electron chi connectivity index (χ1n) is 3.22. The third-order valence-electron chi connectivity index (χ3n) is 1.48. The Morgan fingerprint density at radius 2 is 1.92 bits per heavy atom. The van der Waals surface area contributed by atoms with Gasteiger partial charge in [0.1, 0.15) is 5.82 Å². The van der Waals surface area contributed by atoms with Crippen LogP contribution in [-0.4, -0.2) is 8.42 Å². The Morgan fingerprint density at radius 3 is 2.38 bits per heavy atom. The highest BCUT2D eigenvalue weighted by atomic mass is 35.7. The van der Waals surface area contributed by atoms with Crippen LogP contribution in [-0.2, 0) is 9.05 Å². The van der Waals surface area contributed by atoms with Gasteiger partial charge in [-0.3, -0.25) is 0 Å². The fourth-order valence-electron chi connectivity index (χ4n) is 0.891. The molecule has 13 heavy (non-hydrogen) atoms. The predicted octanol–water partition coefficient (Wildman–Crippen LogP) is 2.72. The van der Waals surface area contributed by atoms with Crippen molar-refractivity contribution in [3.63, 3.8) is 0 Å². The fourth-order valence-corrected chi connectivity index (χ4v) is 2.32. The second-order valence-electron chi connectivity index (χ2n) is 2.47. The molecule has 0 radical (unpaired) electrons. The van der Waals surface area contributed by atoms with E-state index in [1.54, 1.807) is 0 Å². The molecule has 0 bridgehead atoms. The molecule has 0 heterocycles. The number of rotatable bonds is 1. The second-order valence-corrected chi connectivity index (χ2v) is 5.41. The monoisotopic (exact) mass is 242 g/mol. The summed E-state index contributed by atoms with van der Waals surface area (Å²) in [6.45, 7) is 1.44. The molecular formula is C7H5Cl2FO2S. The van der Waals surface area contributed by atoms with Crippen LogP contribution in [0.4, 0.5) is 4.39 Å². The summed E-state index contributed by atoms with van der Waals surface area (Å²) in [5.74, 6) is -0.664. The van der Waals surface area contributed by atoms with Crippen LogP contribution in [0.25, 0.3) is 0 Å². The highest BCUT2D eigenvalue weighted by Gasteiger charge is 2.15. The minimum atomic E-state index is -3.85. The number of halogens is 3. The van der Waals surface area contributed by atoms with Crippen molar-refractivity contribution in [3.8, 4) is 0 Å². The van der Waals surface area contributed by atoms with Crippen LogP contribution in [0, 0.1) is 12.7 Å². The molecule has 1 rings (SSSR count). The summed E-state index contributed by atoms with van der Waals surface area (Å²) in [6.07, 6.45) is 0. The average Bonchev–Trinajstić information content (AvgIpc) is 1.94. The van der Waals surface area contributed by atoms with Crippen molar-refractivity contribution in [1.82, 2.24) is 0 Å². The quantitative estimate of drug-likeness (QED) is 0.710. The Hall–Kier alpha value is -0.320. The maximum Gasteiger partial charge on any atom is 0.261 e. The van der Waals surface area contributed by atoms with Crippen LogP contribution in [0.5, 0.6) is 0 Å². The zero-order valence-electron chi connectivity index (χ0n) is 6.51. The van der Waals surface area contributed by atoms with Gasteiger partial charge in [-0.25, -0.2) is 12.8 Å². The predicted molar refractivity (Wildman–Crippen MR) is 49.2 cm³/mol. The average molecular weight is 243 g/mol. The second kappa shape index (κ2) is 3.44. The third-order valence-corrected chi connectivity index (χ3v) is 3.23. The molecule has 0 atom stereocenters. The van der Waals surface area contributed by atoms with Gasteiger partial charge in [0, 0.05) is 10.7 Å². The van der Waals surface area contributed by atoms with Gasteiger partial charge < -0.3 is 0 Å². The van der Waals surface area contributed by atoms with Gasteiger partial charge in [0.15, 0.2) is 0 Å². The standard InChI is InChI=1S/C7H5Cl2FO2S/c1-4-2-6(10)5(8)3-7(4)13(9,11)12/h2-3H,1H3. The van der Waals surface area contributed by atoms with Crippen molar-refractivity contribution in [3.05, 3.63) is 28.5 Å². The molecule has 0 saturated heterocycles. The van der Waals surface area contributed by atoms with Crippen molar-refractivity contribution in [2.45, 2.75) is 11.8 Å². The van der Waals surface area contributed by atoms with E-state index in [9.17, 15) is 12.8 Å². The van der Waals surface area contributed by atoms with Gasteiger partial charge in [-0.15, -0.1) is 0 Å². The van der Waals surface area contributed by atoms with Crippen LogP contribution < -0.4 is 0 Å². The Labute approximate surface area is 84.7 Å². The van der Waals surface area contributed by atoms with Gasteiger partial charge in [-0.2, -0.15) is 0 Å². The summed E-state index contributed by atoms with van der Waals surface area (Å²) in [5.41, 5.74) is 0.233. The lowest BCUT2D eigenvalue weighted by Crippen LogP contribution is -1.95. The topological polar surface area (TPSA) is 34.1 Å². The van der Waals surface area contributed by atoms with E-state index >= 15 is 0 Å². The molecule has 0 unspecified atom stereocenters. The van der Waals surface area contributed by atoms with Crippen molar-refractivity contribution in [1.29, 1.82) is 0 Å². The summed E-state index contributed by atoms with van der Waals surface area (Å²) in [7, 11) is 1.23. The Bertz CT molecular complexity index is 442. The first-order chi connectivity index (χ1) is 5.82. The molecule has 0 aliphatic heterocycles. The maximum absolute atomic E-state index is 12.8.